The second-order valence-electron chi connectivity index (χ2n) is 7.67. The van der Waals surface area contributed by atoms with Crippen LogP contribution in [0.4, 0.5) is 4.39 Å². The van der Waals surface area contributed by atoms with Gasteiger partial charge in [0.15, 0.2) is 0 Å². The number of nitrogens with one attached hydrogen (secondary N) is 1. The van der Waals surface area contributed by atoms with Crippen LogP contribution in [0.3, 0.4) is 0 Å². The molecule has 0 spiro atoms. The van der Waals surface area contributed by atoms with Crippen molar-refractivity contribution in [3.63, 3.8) is 0 Å². The molecular weight excluding hydrogens is 393 g/mol. The molecule has 0 fully saturated rings. The van der Waals surface area contributed by atoms with Crippen LogP contribution < -0.4 is 10.1 Å². The molecule has 1 N–H and O–H groups in total. The van der Waals surface area contributed by atoms with Crippen molar-refractivity contribution < 1.29 is 18.3 Å². The van der Waals surface area contributed by atoms with Crippen molar-refractivity contribution in [3.8, 4) is 16.9 Å². The number of allylic oxidation sites excluding steroid dienone is 1. The third-order valence-electron chi connectivity index (χ3n) is 5.34. The quantitative estimate of drug-likeness (QED) is 0.309. The minimum absolute atomic E-state index is 0.111. The molecule has 0 saturated carbocycles. The van der Waals surface area contributed by atoms with Gasteiger partial charge in [-0.1, -0.05) is 31.9 Å². The molecule has 31 heavy (non-hydrogen) atoms. The normalized spacial score (nSPS) is 11.7. The average Bonchev–Trinajstić information content (AvgIpc) is 3.18. The Morgan fingerprint density at radius 1 is 1.19 bits per heavy atom. The number of rotatable bonds is 9. The number of hydrogen-bond acceptors (Lipinski definition) is 3. The number of carbonyl (C=O) groups is 1. The lowest BCUT2D eigenvalue weighted by atomic mass is 9.96. The van der Waals surface area contributed by atoms with Gasteiger partial charge < -0.3 is 14.5 Å². The summed E-state index contributed by atoms with van der Waals surface area (Å²) in [5, 5.41) is 3.85. The van der Waals surface area contributed by atoms with Gasteiger partial charge >= 0.3 is 0 Å². The Hall–Kier alpha value is -3.08. The Morgan fingerprint density at radius 3 is 2.61 bits per heavy atom. The summed E-state index contributed by atoms with van der Waals surface area (Å²) in [5.74, 6) is 0.318. The minimum atomic E-state index is -0.282. The van der Waals surface area contributed by atoms with Crippen LogP contribution in [0.15, 0.2) is 47.1 Å². The highest BCUT2D eigenvalue weighted by molar-refractivity contribution is 6.01. The van der Waals surface area contributed by atoms with Crippen LogP contribution in [-0.4, -0.2) is 19.1 Å². The van der Waals surface area contributed by atoms with Crippen LogP contribution in [0.2, 0.25) is 0 Å². The van der Waals surface area contributed by atoms with Crippen molar-refractivity contribution in [1.29, 1.82) is 0 Å². The number of ether oxygens (including phenoxy) is 1. The third-order valence-corrected chi connectivity index (χ3v) is 5.34. The van der Waals surface area contributed by atoms with Crippen molar-refractivity contribution in [1.82, 2.24) is 5.32 Å². The van der Waals surface area contributed by atoms with E-state index in [4.69, 9.17) is 9.15 Å². The Balaban J connectivity index is 2.03. The highest BCUT2D eigenvalue weighted by Crippen LogP contribution is 2.40. The first-order valence-electron chi connectivity index (χ1n) is 10.9. The topological polar surface area (TPSA) is 51.5 Å². The van der Waals surface area contributed by atoms with E-state index in [1.807, 2.05) is 26.8 Å². The summed E-state index contributed by atoms with van der Waals surface area (Å²) in [4.78, 5) is 12.4. The summed E-state index contributed by atoms with van der Waals surface area (Å²) >= 11 is 0. The number of fused-ring (bicyclic) bond motifs is 1. The predicted octanol–water partition coefficient (Wildman–Crippen LogP) is 6.66. The van der Waals surface area contributed by atoms with Crippen molar-refractivity contribution >= 4 is 22.4 Å². The zero-order valence-corrected chi connectivity index (χ0v) is 18.7. The van der Waals surface area contributed by atoms with Gasteiger partial charge in [0.25, 0.3) is 0 Å². The van der Waals surface area contributed by atoms with Crippen LogP contribution in [0, 0.1) is 12.7 Å². The molecule has 0 aliphatic rings. The van der Waals surface area contributed by atoms with Gasteiger partial charge in [-0.25, -0.2) is 4.39 Å². The van der Waals surface area contributed by atoms with E-state index in [9.17, 15) is 9.18 Å². The molecule has 0 unspecified atom stereocenters. The number of amides is 1. The summed E-state index contributed by atoms with van der Waals surface area (Å²) in [7, 11) is 0. The summed E-state index contributed by atoms with van der Waals surface area (Å²) < 4.78 is 25.2. The molecule has 3 rings (SSSR count). The smallest absolute Gasteiger partial charge is 0.244 e. The molecule has 4 nitrogen and oxygen atoms in total. The van der Waals surface area contributed by atoms with Crippen molar-refractivity contribution in [3.05, 3.63) is 59.6 Å². The van der Waals surface area contributed by atoms with Gasteiger partial charge in [-0.2, -0.15) is 0 Å². The molecule has 1 heterocycles. The molecule has 1 aromatic heterocycles. The van der Waals surface area contributed by atoms with E-state index in [0.717, 1.165) is 58.1 Å². The number of carbonyl (C=O) groups excluding carboxylic acids is 1. The minimum Gasteiger partial charge on any atom is -0.493 e. The number of furan rings is 1. The largest absolute Gasteiger partial charge is 0.493 e. The van der Waals surface area contributed by atoms with Gasteiger partial charge in [-0.3, -0.25) is 4.79 Å². The van der Waals surface area contributed by atoms with Crippen LogP contribution in [-0.2, 0) is 4.79 Å². The zero-order chi connectivity index (χ0) is 22.4. The highest BCUT2D eigenvalue weighted by atomic mass is 19.1. The Labute approximate surface area is 183 Å². The fraction of sp³-hybridized carbons (Fsp3) is 0.346. The first-order valence-corrected chi connectivity index (χ1v) is 10.9. The maximum Gasteiger partial charge on any atom is 0.244 e. The standard InChI is InChI=1S/C26H30FNO3/c1-5-7-8-13-28-24(29)14-17(3)21-15-22-23(19-9-11-20(27)12-10-19)16-31-26(22)18(4)25(21)30-6-2/h9-12,14-16H,5-8,13H2,1-4H3,(H,28,29)/b17-14+. The van der Waals surface area contributed by atoms with E-state index in [1.165, 1.54) is 12.1 Å². The third kappa shape index (κ3) is 5.16. The number of unbranched alkanes of at least 4 members (excludes halogenated alkanes) is 2. The van der Waals surface area contributed by atoms with E-state index in [1.54, 1.807) is 24.5 Å². The Bertz CT molecular complexity index is 1080. The molecule has 0 radical (unpaired) electrons. The number of halogens is 1. The highest BCUT2D eigenvalue weighted by Gasteiger charge is 2.19. The van der Waals surface area contributed by atoms with E-state index in [-0.39, 0.29) is 11.7 Å². The number of aryl methyl sites for hydroxylation is 1. The fourth-order valence-corrected chi connectivity index (χ4v) is 3.70. The second kappa shape index (κ2) is 10.3. The first-order chi connectivity index (χ1) is 15.0. The van der Waals surface area contributed by atoms with Crippen molar-refractivity contribution in [2.24, 2.45) is 0 Å². The SMILES string of the molecule is CCCCCNC(=O)/C=C(\C)c1cc2c(-c3ccc(F)cc3)coc2c(C)c1OCC. The average molecular weight is 424 g/mol. The Morgan fingerprint density at radius 2 is 1.94 bits per heavy atom. The van der Waals surface area contributed by atoms with E-state index in [2.05, 4.69) is 12.2 Å². The summed E-state index contributed by atoms with van der Waals surface area (Å²) in [5.41, 5.74) is 5.00. The molecule has 3 aromatic rings. The maximum atomic E-state index is 13.4. The predicted molar refractivity (Wildman–Crippen MR) is 124 cm³/mol. The molecule has 2 aromatic carbocycles. The van der Waals surface area contributed by atoms with Gasteiger partial charge in [-0.15, -0.1) is 0 Å². The monoisotopic (exact) mass is 423 g/mol. The van der Waals surface area contributed by atoms with Gasteiger partial charge in [-0.05, 0) is 56.5 Å². The lowest BCUT2D eigenvalue weighted by Crippen LogP contribution is -2.22. The summed E-state index contributed by atoms with van der Waals surface area (Å²) in [6.07, 6.45) is 6.49. The zero-order valence-electron chi connectivity index (χ0n) is 18.7. The van der Waals surface area contributed by atoms with Crippen molar-refractivity contribution in [2.75, 3.05) is 13.2 Å². The van der Waals surface area contributed by atoms with Crippen LogP contribution >= 0.6 is 0 Å². The van der Waals surface area contributed by atoms with E-state index >= 15 is 0 Å². The number of benzene rings is 2. The van der Waals surface area contributed by atoms with Gasteiger partial charge in [0.1, 0.15) is 17.1 Å². The molecule has 5 heteroatoms. The Kier molecular flexibility index (Phi) is 7.50. The molecule has 0 aliphatic heterocycles. The van der Waals surface area contributed by atoms with Crippen LogP contribution in [0.1, 0.15) is 51.2 Å². The maximum absolute atomic E-state index is 13.4. The van der Waals surface area contributed by atoms with Gasteiger partial charge in [0.2, 0.25) is 5.91 Å². The van der Waals surface area contributed by atoms with E-state index in [0.29, 0.717) is 18.9 Å². The first kappa shape index (κ1) is 22.6. The van der Waals surface area contributed by atoms with Crippen LogP contribution in [0.25, 0.3) is 27.7 Å². The molecule has 0 bridgehead atoms. The van der Waals surface area contributed by atoms with E-state index < -0.39 is 0 Å². The lowest BCUT2D eigenvalue weighted by molar-refractivity contribution is -0.116. The molecule has 0 saturated heterocycles. The van der Waals surface area contributed by atoms with Crippen LogP contribution in [0.5, 0.6) is 5.75 Å². The fourth-order valence-electron chi connectivity index (χ4n) is 3.70. The molecule has 1 amide bonds. The molecule has 0 aliphatic carbocycles. The summed E-state index contributed by atoms with van der Waals surface area (Å²) in [6.45, 7) is 9.10. The van der Waals surface area contributed by atoms with Crippen molar-refractivity contribution in [2.45, 2.75) is 47.0 Å². The molecular formula is C26H30FNO3. The van der Waals surface area contributed by atoms with Gasteiger partial charge in [0, 0.05) is 34.7 Å². The molecule has 0 atom stereocenters. The number of hydrogen-bond donors (Lipinski definition) is 1. The molecule has 164 valence electrons. The van der Waals surface area contributed by atoms with Gasteiger partial charge in [0.05, 0.1) is 12.9 Å². The summed E-state index contributed by atoms with van der Waals surface area (Å²) in [6, 6.07) is 8.33. The second-order valence-corrected chi connectivity index (χ2v) is 7.67. The lowest BCUT2D eigenvalue weighted by Gasteiger charge is -2.15.